The minimum absolute atomic E-state index is 0.308. The van der Waals surface area contributed by atoms with Crippen LogP contribution < -0.4 is 4.90 Å². The highest BCUT2D eigenvalue weighted by Gasteiger charge is 2.17. The lowest BCUT2D eigenvalue weighted by Gasteiger charge is -2.30. The number of para-hydroxylation sites is 1. The van der Waals surface area contributed by atoms with Crippen LogP contribution in [0.5, 0.6) is 0 Å². The van der Waals surface area contributed by atoms with Crippen LogP contribution >= 0.6 is 11.6 Å². The van der Waals surface area contributed by atoms with Gasteiger partial charge >= 0.3 is 0 Å². The predicted octanol–water partition coefficient (Wildman–Crippen LogP) is 4.15. The van der Waals surface area contributed by atoms with Gasteiger partial charge in [0.1, 0.15) is 5.82 Å². The average Bonchev–Trinajstić information content (AvgIpc) is 2.34. The fourth-order valence-corrected chi connectivity index (χ4v) is 2.36. The maximum Gasteiger partial charge on any atom is 0.224 e. The summed E-state index contributed by atoms with van der Waals surface area (Å²) in [6.07, 6.45) is 0. The lowest BCUT2D eigenvalue weighted by Crippen LogP contribution is -2.35. The van der Waals surface area contributed by atoms with Crippen LogP contribution in [-0.4, -0.2) is 22.6 Å². The minimum Gasteiger partial charge on any atom is -0.353 e. The molecule has 4 heteroatoms. The second-order valence-corrected chi connectivity index (χ2v) is 5.81. The summed E-state index contributed by atoms with van der Waals surface area (Å²) in [5, 5.41) is 1.37. The number of aromatic nitrogens is 2. The zero-order chi connectivity index (χ0) is 14.0. The van der Waals surface area contributed by atoms with Gasteiger partial charge in [0, 0.05) is 18.0 Å². The summed E-state index contributed by atoms with van der Waals surface area (Å²) in [4.78, 5) is 11.0. The number of anilines is 1. The molecule has 0 aliphatic rings. The number of hydrogen-bond acceptors (Lipinski definition) is 3. The van der Waals surface area contributed by atoms with Crippen molar-refractivity contribution in [3.05, 3.63) is 29.5 Å². The number of fused-ring (bicyclic) bond motifs is 1. The predicted molar refractivity (Wildman–Crippen MR) is 81.9 cm³/mol. The smallest absolute Gasteiger partial charge is 0.224 e. The molecular weight excluding hydrogens is 258 g/mol. The molecule has 19 heavy (non-hydrogen) atoms. The third kappa shape index (κ3) is 3.16. The van der Waals surface area contributed by atoms with E-state index in [0.717, 1.165) is 23.3 Å². The van der Waals surface area contributed by atoms with Crippen molar-refractivity contribution in [2.45, 2.75) is 33.7 Å². The van der Waals surface area contributed by atoms with Gasteiger partial charge in [-0.05, 0) is 43.5 Å². The maximum atomic E-state index is 6.06. The molecular formula is C15H20ClN3. The molecule has 0 aliphatic heterocycles. The van der Waals surface area contributed by atoms with Crippen LogP contribution in [0, 0.1) is 5.92 Å². The topological polar surface area (TPSA) is 29.0 Å². The zero-order valence-corrected chi connectivity index (χ0v) is 12.6. The average molecular weight is 278 g/mol. The number of halogens is 1. The van der Waals surface area contributed by atoms with Crippen molar-refractivity contribution in [1.29, 1.82) is 0 Å². The molecule has 0 amide bonds. The molecule has 0 N–H and O–H groups in total. The Morgan fingerprint density at radius 2 is 1.79 bits per heavy atom. The summed E-state index contributed by atoms with van der Waals surface area (Å²) < 4.78 is 0. The van der Waals surface area contributed by atoms with Gasteiger partial charge in [-0.3, -0.25) is 0 Å². The molecule has 2 aromatic rings. The Labute approximate surface area is 119 Å². The van der Waals surface area contributed by atoms with Gasteiger partial charge in [-0.25, -0.2) is 4.98 Å². The van der Waals surface area contributed by atoms with Crippen molar-refractivity contribution in [3.63, 3.8) is 0 Å². The van der Waals surface area contributed by atoms with Gasteiger partial charge in [0.2, 0.25) is 5.28 Å². The Morgan fingerprint density at radius 1 is 1.11 bits per heavy atom. The van der Waals surface area contributed by atoms with E-state index in [4.69, 9.17) is 11.6 Å². The van der Waals surface area contributed by atoms with Gasteiger partial charge in [0.15, 0.2) is 0 Å². The molecule has 0 unspecified atom stereocenters. The van der Waals surface area contributed by atoms with E-state index in [9.17, 15) is 0 Å². The van der Waals surface area contributed by atoms with Crippen LogP contribution in [-0.2, 0) is 0 Å². The molecule has 0 saturated carbocycles. The first-order valence-electron chi connectivity index (χ1n) is 6.68. The molecule has 0 atom stereocenters. The van der Waals surface area contributed by atoms with Gasteiger partial charge in [-0.1, -0.05) is 26.0 Å². The summed E-state index contributed by atoms with van der Waals surface area (Å²) in [7, 11) is 0. The molecule has 1 heterocycles. The van der Waals surface area contributed by atoms with Crippen LogP contribution in [0.2, 0.25) is 5.28 Å². The largest absolute Gasteiger partial charge is 0.353 e. The van der Waals surface area contributed by atoms with Crippen LogP contribution in [0.15, 0.2) is 24.3 Å². The fraction of sp³-hybridized carbons (Fsp3) is 0.467. The van der Waals surface area contributed by atoms with E-state index in [1.54, 1.807) is 0 Å². The molecule has 102 valence electrons. The van der Waals surface area contributed by atoms with Crippen molar-refractivity contribution in [1.82, 2.24) is 9.97 Å². The Hall–Kier alpha value is -1.35. The Kier molecular flexibility index (Phi) is 4.25. The van der Waals surface area contributed by atoms with Crippen molar-refractivity contribution >= 4 is 28.3 Å². The molecule has 0 spiro atoms. The van der Waals surface area contributed by atoms with E-state index in [1.807, 2.05) is 18.2 Å². The van der Waals surface area contributed by atoms with Crippen molar-refractivity contribution < 1.29 is 0 Å². The van der Waals surface area contributed by atoms with Gasteiger partial charge < -0.3 is 4.90 Å². The third-order valence-corrected chi connectivity index (χ3v) is 3.18. The third-order valence-electron chi connectivity index (χ3n) is 3.01. The first-order chi connectivity index (χ1) is 8.99. The summed E-state index contributed by atoms with van der Waals surface area (Å²) >= 11 is 6.06. The summed E-state index contributed by atoms with van der Waals surface area (Å²) in [6.45, 7) is 9.72. The van der Waals surface area contributed by atoms with Gasteiger partial charge in [0.05, 0.1) is 5.52 Å². The van der Waals surface area contributed by atoms with Crippen LogP contribution in [0.25, 0.3) is 10.9 Å². The summed E-state index contributed by atoms with van der Waals surface area (Å²) in [6, 6.07) is 8.38. The van der Waals surface area contributed by atoms with Crippen molar-refractivity contribution in [2.24, 2.45) is 5.92 Å². The lowest BCUT2D eigenvalue weighted by atomic mass is 10.1. The molecule has 0 fully saturated rings. The molecule has 0 bridgehead atoms. The maximum absolute atomic E-state index is 6.06. The van der Waals surface area contributed by atoms with Crippen LogP contribution in [0.1, 0.15) is 27.7 Å². The van der Waals surface area contributed by atoms with Gasteiger partial charge in [-0.2, -0.15) is 4.98 Å². The molecule has 0 radical (unpaired) electrons. The number of nitrogens with zero attached hydrogens (tertiary/aromatic N) is 3. The quantitative estimate of drug-likeness (QED) is 0.786. The monoisotopic (exact) mass is 277 g/mol. The summed E-state index contributed by atoms with van der Waals surface area (Å²) in [5.74, 6) is 1.49. The molecule has 1 aromatic heterocycles. The second-order valence-electron chi connectivity index (χ2n) is 5.47. The Bertz CT molecular complexity index is 566. The van der Waals surface area contributed by atoms with E-state index >= 15 is 0 Å². The first kappa shape index (κ1) is 14.1. The highest BCUT2D eigenvalue weighted by atomic mass is 35.5. The SMILES string of the molecule is CC(C)CN(c1nc(Cl)nc2ccccc12)C(C)C. The number of hydrogen-bond donors (Lipinski definition) is 0. The standard InChI is InChI=1S/C15H20ClN3/c1-10(2)9-19(11(3)4)14-12-7-5-6-8-13(12)17-15(16)18-14/h5-8,10-11H,9H2,1-4H3. The zero-order valence-electron chi connectivity index (χ0n) is 11.9. The first-order valence-corrected chi connectivity index (χ1v) is 7.05. The molecule has 3 nitrogen and oxygen atoms in total. The molecule has 1 aromatic carbocycles. The normalized spacial score (nSPS) is 11.5. The Morgan fingerprint density at radius 3 is 2.42 bits per heavy atom. The van der Waals surface area contributed by atoms with Crippen LogP contribution in [0.4, 0.5) is 5.82 Å². The Balaban J connectivity index is 2.58. The number of rotatable bonds is 4. The highest BCUT2D eigenvalue weighted by molar-refractivity contribution is 6.28. The van der Waals surface area contributed by atoms with E-state index in [1.165, 1.54) is 0 Å². The van der Waals surface area contributed by atoms with Gasteiger partial charge in [-0.15, -0.1) is 0 Å². The molecule has 0 aliphatic carbocycles. The van der Waals surface area contributed by atoms with E-state index in [-0.39, 0.29) is 0 Å². The van der Waals surface area contributed by atoms with Gasteiger partial charge in [0.25, 0.3) is 0 Å². The second kappa shape index (κ2) is 5.74. The van der Waals surface area contributed by atoms with Crippen molar-refractivity contribution in [3.8, 4) is 0 Å². The van der Waals surface area contributed by atoms with Crippen LogP contribution in [0.3, 0.4) is 0 Å². The highest BCUT2D eigenvalue weighted by Crippen LogP contribution is 2.27. The molecule has 0 saturated heterocycles. The minimum atomic E-state index is 0.308. The molecule has 2 rings (SSSR count). The summed E-state index contributed by atoms with van der Waals surface area (Å²) in [5.41, 5.74) is 0.895. The number of benzene rings is 1. The van der Waals surface area contributed by atoms with E-state index in [2.05, 4.69) is 48.6 Å². The van der Waals surface area contributed by atoms with Crippen molar-refractivity contribution in [2.75, 3.05) is 11.4 Å². The van der Waals surface area contributed by atoms with E-state index < -0.39 is 0 Å². The lowest BCUT2D eigenvalue weighted by molar-refractivity contribution is 0.567. The fourth-order valence-electron chi connectivity index (χ4n) is 2.19. The van der Waals surface area contributed by atoms with E-state index in [0.29, 0.717) is 17.2 Å².